The average Bonchev–Trinajstić information content (AvgIpc) is 3.66. The summed E-state index contributed by atoms with van der Waals surface area (Å²) < 4.78 is 45.0. The number of H-pyrrole nitrogens is 2. The molecule has 0 saturated heterocycles. The molecule has 3 aromatic heterocycles. The Morgan fingerprint density at radius 3 is 2.66 bits per heavy atom. The van der Waals surface area contributed by atoms with Gasteiger partial charge in [0.25, 0.3) is 5.91 Å². The molecule has 206 valence electrons. The molecule has 1 amide bonds. The summed E-state index contributed by atoms with van der Waals surface area (Å²) in [4.78, 5) is 23.4. The largest absolute Gasteiger partial charge is 0.365 e. The number of aromatic nitrogens is 5. The molecule has 1 aliphatic rings. The van der Waals surface area contributed by atoms with Crippen molar-refractivity contribution < 1.29 is 18.0 Å². The number of halogens is 3. The van der Waals surface area contributed by atoms with E-state index in [9.17, 15) is 13.6 Å². The maximum atomic E-state index is 16.2. The van der Waals surface area contributed by atoms with Crippen LogP contribution in [0.5, 0.6) is 0 Å². The Kier molecular flexibility index (Phi) is 6.84. The smallest absolute Gasteiger partial charge is 0.273 e. The number of hydrogen-bond donors (Lipinski definition) is 4. The van der Waals surface area contributed by atoms with Crippen LogP contribution in [-0.4, -0.2) is 43.4 Å². The molecule has 3 heterocycles. The van der Waals surface area contributed by atoms with Gasteiger partial charge in [0.1, 0.15) is 11.6 Å². The Labute approximate surface area is 232 Å². The molecule has 12 heteroatoms. The van der Waals surface area contributed by atoms with Crippen molar-refractivity contribution in [2.45, 2.75) is 37.8 Å². The van der Waals surface area contributed by atoms with Gasteiger partial charge in [-0.15, -0.1) is 0 Å². The molecule has 0 aliphatic heterocycles. The molecule has 2 atom stereocenters. The fourth-order valence-corrected chi connectivity index (χ4v) is 5.38. The lowest BCUT2D eigenvalue weighted by molar-refractivity contribution is 0.0921. The summed E-state index contributed by atoms with van der Waals surface area (Å²) in [6.45, 7) is 7.93. The molecule has 2 aromatic carbocycles. The van der Waals surface area contributed by atoms with Crippen LogP contribution in [0, 0.1) is 24.0 Å². The van der Waals surface area contributed by atoms with E-state index in [4.69, 9.17) is 6.57 Å². The number of nitrogens with one attached hydrogen (secondary N) is 4. The summed E-state index contributed by atoms with van der Waals surface area (Å²) >= 11 is 0. The number of hydrogen-bond acceptors (Lipinski definition) is 5. The van der Waals surface area contributed by atoms with E-state index in [1.165, 1.54) is 12.4 Å². The number of anilines is 1. The second kappa shape index (κ2) is 10.8. The zero-order valence-corrected chi connectivity index (χ0v) is 21.5. The van der Waals surface area contributed by atoms with Gasteiger partial charge in [0.2, 0.25) is 5.69 Å². The van der Waals surface area contributed by atoms with Crippen LogP contribution in [0.1, 0.15) is 36.2 Å². The number of nitrogens with zero attached hydrogens (tertiary/aromatic N) is 4. The van der Waals surface area contributed by atoms with E-state index in [-0.39, 0.29) is 62.9 Å². The second-order valence-electron chi connectivity index (χ2n) is 9.87. The molecule has 2 unspecified atom stereocenters. The Hall–Kier alpha value is -5.18. The molecule has 1 saturated carbocycles. The van der Waals surface area contributed by atoms with Gasteiger partial charge in [-0.2, -0.15) is 15.4 Å². The van der Waals surface area contributed by atoms with Crippen LogP contribution in [0.25, 0.3) is 38.1 Å². The molecule has 0 bridgehead atoms. The molecule has 0 spiro atoms. The normalized spacial score (nSPS) is 16.8. The molecular formula is C29H23F3N8O. The van der Waals surface area contributed by atoms with Crippen LogP contribution < -0.4 is 10.6 Å². The number of carbonyl (C=O) groups excluding carboxylic acids is 1. The number of carbonyl (C=O) groups is 1. The zero-order chi connectivity index (χ0) is 28.5. The highest BCUT2D eigenvalue weighted by Crippen LogP contribution is 2.44. The SMILES string of the molecule is [C-]#[N+]c1c(-c2c[nH]c3c(F)cc(F)cc23)nc(NC2CCCC(NC(=O)c3cn[nH]n3)C2)c(F)c1-c1ccccc1. The molecule has 1 fully saturated rings. The first kappa shape index (κ1) is 26.1. The third-order valence-electron chi connectivity index (χ3n) is 7.25. The summed E-state index contributed by atoms with van der Waals surface area (Å²) in [5.74, 6) is -2.74. The van der Waals surface area contributed by atoms with Crippen LogP contribution in [0.15, 0.2) is 54.9 Å². The van der Waals surface area contributed by atoms with Gasteiger partial charge >= 0.3 is 0 Å². The van der Waals surface area contributed by atoms with Gasteiger partial charge in [0.15, 0.2) is 17.3 Å². The van der Waals surface area contributed by atoms with Crippen molar-refractivity contribution in [3.8, 4) is 22.4 Å². The Morgan fingerprint density at radius 2 is 1.90 bits per heavy atom. The predicted molar refractivity (Wildman–Crippen MR) is 147 cm³/mol. The lowest BCUT2D eigenvalue weighted by atomic mass is 9.90. The lowest BCUT2D eigenvalue weighted by Crippen LogP contribution is -2.42. The van der Waals surface area contributed by atoms with Gasteiger partial charge in [0.05, 0.1) is 24.0 Å². The van der Waals surface area contributed by atoms with Crippen LogP contribution in [0.3, 0.4) is 0 Å². The van der Waals surface area contributed by atoms with E-state index >= 15 is 4.39 Å². The first-order chi connectivity index (χ1) is 19.9. The molecule has 9 nitrogen and oxygen atoms in total. The number of amides is 1. The number of pyridine rings is 1. The fraction of sp³-hybridized carbons (Fsp3) is 0.207. The Balaban J connectivity index is 1.41. The summed E-state index contributed by atoms with van der Waals surface area (Å²) in [5.41, 5.74) is 0.999. The van der Waals surface area contributed by atoms with Crippen LogP contribution in [-0.2, 0) is 0 Å². The number of aromatic amines is 2. The third-order valence-corrected chi connectivity index (χ3v) is 7.25. The Morgan fingerprint density at radius 1 is 1.10 bits per heavy atom. The maximum Gasteiger partial charge on any atom is 0.273 e. The molecule has 4 N–H and O–H groups in total. The van der Waals surface area contributed by atoms with Gasteiger partial charge < -0.3 is 15.6 Å². The molecular weight excluding hydrogens is 533 g/mol. The highest BCUT2D eigenvalue weighted by Gasteiger charge is 2.29. The van der Waals surface area contributed by atoms with Crippen LogP contribution in [0.2, 0.25) is 0 Å². The van der Waals surface area contributed by atoms with Crippen molar-refractivity contribution in [3.63, 3.8) is 0 Å². The van der Waals surface area contributed by atoms with Crippen molar-refractivity contribution in [2.24, 2.45) is 0 Å². The summed E-state index contributed by atoms with van der Waals surface area (Å²) in [7, 11) is 0. The Bertz CT molecular complexity index is 1780. The zero-order valence-electron chi connectivity index (χ0n) is 21.5. The van der Waals surface area contributed by atoms with E-state index < -0.39 is 17.5 Å². The molecule has 1 aliphatic carbocycles. The topological polar surface area (TPSA) is 116 Å². The quantitative estimate of drug-likeness (QED) is 0.188. The molecule has 41 heavy (non-hydrogen) atoms. The van der Waals surface area contributed by atoms with E-state index in [2.05, 4.69) is 40.9 Å². The van der Waals surface area contributed by atoms with E-state index in [1.807, 2.05) is 0 Å². The van der Waals surface area contributed by atoms with Crippen molar-refractivity contribution in [1.29, 1.82) is 0 Å². The number of rotatable bonds is 6. The third kappa shape index (κ3) is 4.98. The standard InChI is InChI=1S/C29H23F3N8O/c1-33-27-23(15-6-3-2-4-7-15)24(32)28(38-26(27)20-13-34-25-19(20)10-16(30)11-21(25)31)36-17-8-5-9-18(12-17)37-29(41)22-14-35-40-39-22/h2-4,6-7,10-11,13-14,17-18,34H,5,8-9,12H2,(H,36,38)(H,37,41)(H,35,39,40). The number of fused-ring (bicyclic) bond motifs is 1. The van der Waals surface area contributed by atoms with Crippen molar-refractivity contribution in [2.75, 3.05) is 5.32 Å². The predicted octanol–water partition coefficient (Wildman–Crippen LogP) is 6.14. The van der Waals surface area contributed by atoms with Crippen LogP contribution in [0.4, 0.5) is 24.7 Å². The van der Waals surface area contributed by atoms with Gasteiger partial charge in [0, 0.05) is 40.9 Å². The minimum absolute atomic E-state index is 0.0334. The fourth-order valence-electron chi connectivity index (χ4n) is 5.38. The minimum atomic E-state index is -0.791. The first-order valence-electron chi connectivity index (χ1n) is 13.0. The summed E-state index contributed by atoms with van der Waals surface area (Å²) in [6, 6.07) is 10.1. The monoisotopic (exact) mass is 556 g/mol. The summed E-state index contributed by atoms with van der Waals surface area (Å²) in [5, 5.41) is 16.2. The lowest BCUT2D eigenvalue weighted by Gasteiger charge is -2.31. The average molecular weight is 557 g/mol. The van der Waals surface area contributed by atoms with Gasteiger partial charge in [-0.25, -0.2) is 23.0 Å². The minimum Gasteiger partial charge on any atom is -0.365 e. The first-order valence-corrected chi connectivity index (χ1v) is 13.0. The van der Waals surface area contributed by atoms with Crippen molar-refractivity contribution in [1.82, 2.24) is 30.7 Å². The van der Waals surface area contributed by atoms with E-state index in [0.29, 0.717) is 18.4 Å². The molecule has 6 rings (SSSR count). The van der Waals surface area contributed by atoms with Crippen molar-refractivity contribution in [3.05, 3.63) is 89.4 Å². The van der Waals surface area contributed by atoms with E-state index in [0.717, 1.165) is 25.0 Å². The van der Waals surface area contributed by atoms with Gasteiger partial charge in [-0.3, -0.25) is 4.79 Å². The van der Waals surface area contributed by atoms with E-state index in [1.54, 1.807) is 30.3 Å². The second-order valence-corrected chi connectivity index (χ2v) is 9.87. The highest BCUT2D eigenvalue weighted by atomic mass is 19.1. The van der Waals surface area contributed by atoms with Gasteiger partial charge in [-0.05, 0) is 37.3 Å². The van der Waals surface area contributed by atoms with Gasteiger partial charge in [-0.1, -0.05) is 30.3 Å². The van der Waals surface area contributed by atoms with Crippen molar-refractivity contribution >= 4 is 28.3 Å². The van der Waals surface area contributed by atoms with Crippen LogP contribution >= 0.6 is 0 Å². The molecule has 0 radical (unpaired) electrons. The maximum absolute atomic E-state index is 16.2. The number of benzene rings is 2. The highest BCUT2D eigenvalue weighted by molar-refractivity contribution is 6.01. The summed E-state index contributed by atoms with van der Waals surface area (Å²) in [6.07, 6.45) is 5.47. The molecule has 5 aromatic rings.